The summed E-state index contributed by atoms with van der Waals surface area (Å²) in [6, 6.07) is 7.76. The van der Waals surface area contributed by atoms with E-state index in [1.807, 2.05) is 18.2 Å². The first-order valence-corrected chi connectivity index (χ1v) is 13.2. The zero-order valence-electron chi connectivity index (χ0n) is 19.2. The van der Waals surface area contributed by atoms with Crippen LogP contribution >= 0.6 is 11.3 Å². The number of thiazole rings is 1. The van der Waals surface area contributed by atoms with E-state index in [1.54, 1.807) is 10.3 Å². The summed E-state index contributed by atoms with van der Waals surface area (Å²) in [7, 11) is 0. The molecule has 3 amide bonds. The van der Waals surface area contributed by atoms with Crippen LogP contribution in [0.3, 0.4) is 0 Å². The molecular weight excluding hydrogens is 448 g/mol. The maximum Gasteiger partial charge on any atom is 0.328 e. The molecule has 2 heterocycles. The normalized spacial score (nSPS) is 31.2. The molecule has 0 saturated heterocycles. The number of nitrogens with two attached hydrogens (primary N) is 1. The van der Waals surface area contributed by atoms with Crippen LogP contribution in [0.15, 0.2) is 29.6 Å². The number of ketones is 1. The summed E-state index contributed by atoms with van der Waals surface area (Å²) < 4.78 is 0. The molecule has 2 aromatic rings. The van der Waals surface area contributed by atoms with Gasteiger partial charge in [0.1, 0.15) is 5.69 Å². The number of aryl methyl sites for hydroxylation is 1. The SMILES string of the molecule is NC(=O)C12CC3CC(C1)C(CC(=O)c1csc(NC(=O)N4CCCc5ccccc54)n1)C(C3)C2. The van der Waals surface area contributed by atoms with Gasteiger partial charge < -0.3 is 5.73 Å². The van der Waals surface area contributed by atoms with Crippen LogP contribution < -0.4 is 16.0 Å². The van der Waals surface area contributed by atoms with Gasteiger partial charge in [-0.3, -0.25) is 19.8 Å². The fourth-order valence-electron chi connectivity index (χ4n) is 7.45. The smallest absolute Gasteiger partial charge is 0.328 e. The first-order chi connectivity index (χ1) is 16.4. The number of urea groups is 1. The van der Waals surface area contributed by atoms with Gasteiger partial charge in [-0.15, -0.1) is 11.3 Å². The largest absolute Gasteiger partial charge is 0.369 e. The van der Waals surface area contributed by atoms with E-state index in [0.29, 0.717) is 47.5 Å². The molecule has 178 valence electrons. The fourth-order valence-corrected chi connectivity index (χ4v) is 8.15. The van der Waals surface area contributed by atoms with Gasteiger partial charge in [0.2, 0.25) is 5.91 Å². The van der Waals surface area contributed by atoms with Crippen molar-refractivity contribution in [1.82, 2.24) is 4.98 Å². The zero-order chi connectivity index (χ0) is 23.4. The molecule has 1 aromatic carbocycles. The molecular formula is C26H30N4O3S. The second-order valence-electron chi connectivity index (χ2n) is 10.8. The van der Waals surface area contributed by atoms with Crippen molar-refractivity contribution in [2.24, 2.45) is 34.8 Å². The summed E-state index contributed by atoms with van der Waals surface area (Å²) in [5, 5.41) is 5.10. The van der Waals surface area contributed by atoms with Crippen LogP contribution in [-0.4, -0.2) is 29.3 Å². The van der Waals surface area contributed by atoms with E-state index < -0.39 is 0 Å². The van der Waals surface area contributed by atoms with Gasteiger partial charge in [0.05, 0.1) is 0 Å². The summed E-state index contributed by atoms with van der Waals surface area (Å²) in [6.07, 6.45) is 7.19. The van der Waals surface area contributed by atoms with E-state index in [9.17, 15) is 14.4 Å². The van der Waals surface area contributed by atoms with Crippen LogP contribution in [0.2, 0.25) is 0 Å². The Kier molecular flexibility index (Phi) is 5.24. The molecule has 3 N–H and O–H groups in total. The van der Waals surface area contributed by atoms with Crippen molar-refractivity contribution in [2.75, 3.05) is 16.8 Å². The van der Waals surface area contributed by atoms with E-state index in [0.717, 1.165) is 50.6 Å². The standard InChI is InChI=1S/C26H30N4O3S/c27-23(32)26-11-15-8-17(12-26)19(18(9-15)13-26)10-22(31)20-14-34-24(28-20)29-25(33)30-7-3-5-16-4-1-2-6-21(16)30/h1-2,4,6,14-15,17-19H,3,5,7-13H2,(H2,27,32)(H,28,29,33). The summed E-state index contributed by atoms with van der Waals surface area (Å²) in [5.41, 5.74) is 8.01. The predicted octanol–water partition coefficient (Wildman–Crippen LogP) is 4.63. The molecule has 4 saturated carbocycles. The second-order valence-corrected chi connectivity index (χ2v) is 11.6. The molecule has 4 aliphatic carbocycles. The number of rotatable bonds is 5. The Bertz CT molecular complexity index is 1140. The molecule has 2 atom stereocenters. The van der Waals surface area contributed by atoms with E-state index >= 15 is 0 Å². The third-order valence-electron chi connectivity index (χ3n) is 8.77. The lowest BCUT2D eigenvalue weighted by atomic mass is 9.45. The minimum absolute atomic E-state index is 0.0330. The number of fused-ring (bicyclic) bond motifs is 1. The van der Waals surface area contributed by atoms with Crippen LogP contribution in [0.4, 0.5) is 15.6 Å². The van der Waals surface area contributed by atoms with Gasteiger partial charge in [-0.1, -0.05) is 18.2 Å². The van der Waals surface area contributed by atoms with Gasteiger partial charge in [-0.05, 0) is 80.2 Å². The highest BCUT2D eigenvalue weighted by molar-refractivity contribution is 7.14. The van der Waals surface area contributed by atoms with Gasteiger partial charge in [-0.2, -0.15) is 0 Å². The Labute approximate surface area is 203 Å². The average molecular weight is 479 g/mol. The van der Waals surface area contributed by atoms with Gasteiger partial charge >= 0.3 is 6.03 Å². The van der Waals surface area contributed by atoms with Gasteiger partial charge in [0.15, 0.2) is 10.9 Å². The number of aromatic nitrogens is 1. The number of amides is 3. The molecule has 0 spiro atoms. The first-order valence-electron chi connectivity index (χ1n) is 12.4. The van der Waals surface area contributed by atoms with Crippen LogP contribution in [-0.2, 0) is 11.2 Å². The van der Waals surface area contributed by atoms with E-state index in [4.69, 9.17) is 5.73 Å². The minimum atomic E-state index is -0.332. The molecule has 1 aromatic heterocycles. The molecule has 7 rings (SSSR count). The lowest BCUT2D eigenvalue weighted by Gasteiger charge is -2.58. The third kappa shape index (κ3) is 3.63. The Balaban J connectivity index is 1.11. The van der Waals surface area contributed by atoms with Crippen molar-refractivity contribution in [1.29, 1.82) is 0 Å². The summed E-state index contributed by atoms with van der Waals surface area (Å²) >= 11 is 1.29. The summed E-state index contributed by atoms with van der Waals surface area (Å²) in [5.74, 6) is 1.58. The average Bonchev–Trinajstić information content (AvgIpc) is 3.29. The van der Waals surface area contributed by atoms with Gasteiger partial charge in [-0.25, -0.2) is 9.78 Å². The lowest BCUT2D eigenvalue weighted by Crippen LogP contribution is -2.56. The number of nitrogens with zero attached hydrogens (tertiary/aromatic N) is 2. The van der Waals surface area contributed by atoms with Gasteiger partial charge in [0, 0.05) is 29.4 Å². The lowest BCUT2D eigenvalue weighted by molar-refractivity contribution is -0.149. The number of hydrogen-bond donors (Lipinski definition) is 2. The van der Waals surface area contributed by atoms with Gasteiger partial charge in [0.25, 0.3) is 0 Å². The highest BCUT2D eigenvalue weighted by atomic mass is 32.1. The van der Waals surface area contributed by atoms with Crippen molar-refractivity contribution < 1.29 is 14.4 Å². The number of primary amides is 1. The highest BCUT2D eigenvalue weighted by Crippen LogP contribution is 2.62. The molecule has 4 fully saturated rings. The molecule has 8 heteroatoms. The predicted molar refractivity (Wildman–Crippen MR) is 131 cm³/mol. The Hall–Kier alpha value is -2.74. The van der Waals surface area contributed by atoms with Crippen molar-refractivity contribution in [3.63, 3.8) is 0 Å². The number of Topliss-reactive ketones (excluding diaryl/α,β-unsaturated/α-hetero) is 1. The number of anilines is 2. The van der Waals surface area contributed by atoms with E-state index in [2.05, 4.69) is 16.4 Å². The number of benzene rings is 1. The van der Waals surface area contributed by atoms with Crippen LogP contribution in [0.5, 0.6) is 0 Å². The quantitative estimate of drug-likeness (QED) is 0.611. The summed E-state index contributed by atoms with van der Waals surface area (Å²) in [4.78, 5) is 44.5. The molecule has 0 radical (unpaired) electrons. The molecule has 7 nitrogen and oxygen atoms in total. The monoisotopic (exact) mass is 478 g/mol. The van der Waals surface area contributed by atoms with E-state index in [1.165, 1.54) is 16.9 Å². The van der Waals surface area contributed by atoms with Crippen molar-refractivity contribution >= 4 is 39.9 Å². The minimum Gasteiger partial charge on any atom is -0.369 e. The molecule has 1 aliphatic heterocycles. The Morgan fingerprint density at radius 2 is 1.91 bits per heavy atom. The number of nitrogens with one attached hydrogen (secondary N) is 1. The van der Waals surface area contributed by atoms with Crippen LogP contribution in [0, 0.1) is 29.1 Å². The number of carbonyl (C=O) groups is 3. The number of carbonyl (C=O) groups excluding carboxylic acids is 3. The topological polar surface area (TPSA) is 105 Å². The molecule has 4 bridgehead atoms. The Morgan fingerprint density at radius 3 is 2.68 bits per heavy atom. The van der Waals surface area contributed by atoms with Crippen molar-refractivity contribution in [3.8, 4) is 0 Å². The van der Waals surface area contributed by atoms with Crippen LogP contribution in [0.25, 0.3) is 0 Å². The van der Waals surface area contributed by atoms with E-state index in [-0.39, 0.29) is 23.1 Å². The molecule has 5 aliphatic rings. The third-order valence-corrected chi connectivity index (χ3v) is 9.53. The maximum atomic E-state index is 13.1. The molecule has 2 unspecified atom stereocenters. The fraction of sp³-hybridized carbons (Fsp3) is 0.538. The second kappa shape index (κ2) is 8.18. The number of hydrogen-bond acceptors (Lipinski definition) is 5. The van der Waals surface area contributed by atoms with Crippen molar-refractivity contribution in [3.05, 3.63) is 40.9 Å². The highest BCUT2D eigenvalue weighted by Gasteiger charge is 2.57. The van der Waals surface area contributed by atoms with Crippen molar-refractivity contribution in [2.45, 2.75) is 51.4 Å². The Morgan fingerprint density at radius 1 is 1.15 bits per heavy atom. The molecule has 34 heavy (non-hydrogen) atoms. The summed E-state index contributed by atoms with van der Waals surface area (Å²) in [6.45, 7) is 0.665. The zero-order valence-corrected chi connectivity index (χ0v) is 20.0. The maximum absolute atomic E-state index is 13.1. The van der Waals surface area contributed by atoms with Crippen LogP contribution in [0.1, 0.15) is 61.0 Å². The first kappa shape index (κ1) is 21.8. The number of para-hydroxylation sites is 1.